The lowest BCUT2D eigenvalue weighted by atomic mass is 10.3. The molecular weight excluding hydrogens is 346 g/mol. The minimum Gasteiger partial charge on any atom is -0.321 e. The van der Waals surface area contributed by atoms with E-state index >= 15 is 0 Å². The lowest BCUT2D eigenvalue weighted by Crippen LogP contribution is -2.24. The van der Waals surface area contributed by atoms with Crippen molar-refractivity contribution in [1.82, 2.24) is 9.71 Å². The van der Waals surface area contributed by atoms with Crippen molar-refractivity contribution in [2.45, 2.75) is 38.5 Å². The Morgan fingerprint density at radius 2 is 2.04 bits per heavy atom. The Balaban J connectivity index is 2.15. The van der Waals surface area contributed by atoms with E-state index in [1.165, 1.54) is 23.5 Å². The quantitative estimate of drug-likeness (QED) is 0.736. The first kappa shape index (κ1) is 18.6. The number of rotatable bonds is 7. The summed E-state index contributed by atoms with van der Waals surface area (Å²) < 4.78 is 27.0. The molecule has 0 radical (unpaired) electrons. The number of anilines is 1. The van der Waals surface area contributed by atoms with Gasteiger partial charge in [-0.25, -0.2) is 18.1 Å². The van der Waals surface area contributed by atoms with Gasteiger partial charge in [-0.15, -0.1) is 11.3 Å². The highest BCUT2D eigenvalue weighted by Gasteiger charge is 2.16. The fraction of sp³-hybridized carbons (Fsp3) is 0.375. The second-order valence-corrected chi connectivity index (χ2v) is 8.35. The molecular formula is C16H21N3O3S2. The average molecular weight is 367 g/mol. The highest BCUT2D eigenvalue weighted by molar-refractivity contribution is 7.89. The maximum absolute atomic E-state index is 12.3. The molecule has 0 atom stereocenters. The number of unbranched alkanes of at least 4 members (excludes halogenated alkanes) is 1. The summed E-state index contributed by atoms with van der Waals surface area (Å²) in [7, 11) is -3.57. The summed E-state index contributed by atoms with van der Waals surface area (Å²) in [6.07, 6.45) is 1.69. The minimum atomic E-state index is -3.57. The number of hydrogen-bond donors (Lipinski definition) is 2. The number of sulfonamides is 1. The van der Waals surface area contributed by atoms with Crippen LogP contribution in [0.3, 0.4) is 0 Å². The van der Waals surface area contributed by atoms with Gasteiger partial charge in [-0.3, -0.25) is 4.79 Å². The summed E-state index contributed by atoms with van der Waals surface area (Å²) in [5.74, 6) is -0.286. The zero-order valence-corrected chi connectivity index (χ0v) is 15.6. The van der Waals surface area contributed by atoms with Crippen LogP contribution in [0.25, 0.3) is 0 Å². The van der Waals surface area contributed by atoms with E-state index in [4.69, 9.17) is 0 Å². The number of nitrogens with one attached hydrogen (secondary N) is 2. The van der Waals surface area contributed by atoms with E-state index in [0.717, 1.165) is 17.8 Å². The van der Waals surface area contributed by atoms with Crippen LogP contribution in [-0.2, 0) is 10.0 Å². The first-order chi connectivity index (χ1) is 11.3. The molecule has 0 aliphatic rings. The van der Waals surface area contributed by atoms with Crippen LogP contribution in [0.4, 0.5) is 5.69 Å². The summed E-state index contributed by atoms with van der Waals surface area (Å²) in [5, 5.41) is 3.55. The predicted molar refractivity (Wildman–Crippen MR) is 96.1 cm³/mol. The highest BCUT2D eigenvalue weighted by Crippen LogP contribution is 2.20. The summed E-state index contributed by atoms with van der Waals surface area (Å²) in [6.45, 7) is 6.00. The van der Waals surface area contributed by atoms with Crippen LogP contribution < -0.4 is 10.0 Å². The summed E-state index contributed by atoms with van der Waals surface area (Å²) in [4.78, 5) is 17.2. The van der Waals surface area contributed by atoms with Crippen molar-refractivity contribution in [2.75, 3.05) is 11.9 Å². The number of carbonyl (C=O) groups is 1. The van der Waals surface area contributed by atoms with Gasteiger partial charge in [-0.1, -0.05) is 19.4 Å². The van der Waals surface area contributed by atoms with Gasteiger partial charge >= 0.3 is 0 Å². The van der Waals surface area contributed by atoms with Crippen molar-refractivity contribution in [2.24, 2.45) is 0 Å². The van der Waals surface area contributed by atoms with Crippen molar-refractivity contribution in [3.8, 4) is 0 Å². The van der Waals surface area contributed by atoms with Gasteiger partial charge in [0.05, 0.1) is 15.6 Å². The molecule has 0 spiro atoms. The van der Waals surface area contributed by atoms with E-state index in [9.17, 15) is 13.2 Å². The van der Waals surface area contributed by atoms with Gasteiger partial charge < -0.3 is 5.32 Å². The molecule has 24 heavy (non-hydrogen) atoms. The lowest BCUT2D eigenvalue weighted by Gasteiger charge is -2.09. The van der Waals surface area contributed by atoms with Crippen molar-refractivity contribution in [3.05, 3.63) is 39.8 Å². The third-order valence-corrected chi connectivity index (χ3v) is 5.86. The van der Waals surface area contributed by atoms with Crippen molar-refractivity contribution >= 4 is 33.0 Å². The van der Waals surface area contributed by atoms with Gasteiger partial charge in [0.15, 0.2) is 0 Å². The number of aryl methyl sites for hydroxylation is 2. The summed E-state index contributed by atoms with van der Waals surface area (Å²) >= 11 is 1.31. The van der Waals surface area contributed by atoms with Crippen LogP contribution in [-0.4, -0.2) is 25.9 Å². The van der Waals surface area contributed by atoms with Crippen LogP contribution in [0.15, 0.2) is 29.2 Å². The first-order valence-corrected chi connectivity index (χ1v) is 9.98. The number of benzene rings is 1. The van der Waals surface area contributed by atoms with E-state index in [1.807, 2.05) is 13.8 Å². The Hall–Kier alpha value is -1.77. The van der Waals surface area contributed by atoms with E-state index in [2.05, 4.69) is 15.0 Å². The molecule has 1 aromatic heterocycles. The normalized spacial score (nSPS) is 11.5. The molecule has 1 heterocycles. The largest absolute Gasteiger partial charge is 0.321 e. The van der Waals surface area contributed by atoms with Gasteiger partial charge in [0.2, 0.25) is 10.0 Å². The molecule has 1 aromatic carbocycles. The Morgan fingerprint density at radius 1 is 1.29 bits per heavy atom. The van der Waals surface area contributed by atoms with Crippen LogP contribution in [0.5, 0.6) is 0 Å². The van der Waals surface area contributed by atoms with Gasteiger partial charge in [0, 0.05) is 12.2 Å². The molecule has 0 aliphatic heterocycles. The molecule has 0 unspecified atom stereocenters. The molecule has 2 N–H and O–H groups in total. The fourth-order valence-electron chi connectivity index (χ4n) is 2.14. The predicted octanol–water partition coefficient (Wildman–Crippen LogP) is 3.09. The standard InChI is InChI=1S/C16H21N3O3S2/c1-4-5-9-17-24(21,22)14-8-6-7-13(10-14)19-16(20)15-11(2)18-12(3)23-15/h6-8,10,17H,4-5,9H2,1-3H3,(H,19,20). The van der Waals surface area contributed by atoms with Gasteiger partial charge in [-0.2, -0.15) is 0 Å². The Morgan fingerprint density at radius 3 is 2.67 bits per heavy atom. The second kappa shape index (κ2) is 7.87. The lowest BCUT2D eigenvalue weighted by molar-refractivity contribution is 0.102. The number of aromatic nitrogens is 1. The Labute approximate surface area is 146 Å². The molecule has 0 aliphatic carbocycles. The SMILES string of the molecule is CCCCNS(=O)(=O)c1cccc(NC(=O)c2sc(C)nc2C)c1. The highest BCUT2D eigenvalue weighted by atomic mass is 32.2. The van der Waals surface area contributed by atoms with Gasteiger partial charge in [0.25, 0.3) is 5.91 Å². The van der Waals surface area contributed by atoms with Crippen LogP contribution in [0.1, 0.15) is 40.1 Å². The number of hydrogen-bond acceptors (Lipinski definition) is 5. The third-order valence-electron chi connectivity index (χ3n) is 3.33. The summed E-state index contributed by atoms with van der Waals surface area (Å²) in [5.41, 5.74) is 1.10. The molecule has 8 heteroatoms. The Kier molecular flexibility index (Phi) is 6.09. The van der Waals surface area contributed by atoms with Crippen LogP contribution in [0.2, 0.25) is 0 Å². The Bertz CT molecular complexity index is 829. The number of nitrogens with zero attached hydrogens (tertiary/aromatic N) is 1. The van der Waals surface area contributed by atoms with E-state index in [0.29, 0.717) is 22.8 Å². The molecule has 0 saturated carbocycles. The van der Waals surface area contributed by atoms with Gasteiger partial charge in [0.1, 0.15) is 4.88 Å². The van der Waals surface area contributed by atoms with Crippen LogP contribution in [0, 0.1) is 13.8 Å². The molecule has 6 nitrogen and oxygen atoms in total. The number of thiazole rings is 1. The molecule has 2 rings (SSSR count). The minimum absolute atomic E-state index is 0.133. The maximum Gasteiger partial charge on any atom is 0.267 e. The fourth-order valence-corrected chi connectivity index (χ4v) is 4.07. The van der Waals surface area contributed by atoms with E-state index < -0.39 is 10.0 Å². The molecule has 0 fully saturated rings. The summed E-state index contributed by atoms with van der Waals surface area (Å²) in [6, 6.07) is 6.22. The van der Waals surface area contributed by atoms with E-state index in [-0.39, 0.29) is 10.8 Å². The molecule has 130 valence electrons. The topological polar surface area (TPSA) is 88.2 Å². The van der Waals surface area contributed by atoms with E-state index in [1.54, 1.807) is 19.1 Å². The monoisotopic (exact) mass is 367 g/mol. The third kappa shape index (κ3) is 4.62. The van der Waals surface area contributed by atoms with Gasteiger partial charge in [-0.05, 0) is 38.5 Å². The smallest absolute Gasteiger partial charge is 0.267 e. The molecule has 2 aromatic rings. The second-order valence-electron chi connectivity index (χ2n) is 5.38. The average Bonchev–Trinajstić information content (AvgIpc) is 2.86. The maximum atomic E-state index is 12.3. The number of carbonyl (C=O) groups excluding carboxylic acids is 1. The van der Waals surface area contributed by atoms with Crippen LogP contribution >= 0.6 is 11.3 Å². The zero-order valence-electron chi connectivity index (χ0n) is 13.9. The van der Waals surface area contributed by atoms with Crippen molar-refractivity contribution in [3.63, 3.8) is 0 Å². The zero-order chi connectivity index (χ0) is 17.7. The van der Waals surface area contributed by atoms with Crippen molar-refractivity contribution < 1.29 is 13.2 Å². The molecule has 0 bridgehead atoms. The number of amides is 1. The first-order valence-electron chi connectivity index (χ1n) is 7.68. The molecule has 0 saturated heterocycles. The molecule has 1 amide bonds. The van der Waals surface area contributed by atoms with Crippen molar-refractivity contribution in [1.29, 1.82) is 0 Å².